The van der Waals surface area contributed by atoms with Crippen LogP contribution in [0.4, 0.5) is 11.5 Å². The first-order valence-electron chi connectivity index (χ1n) is 10.6. The van der Waals surface area contributed by atoms with Crippen molar-refractivity contribution >= 4 is 39.4 Å². The molecule has 0 aliphatic heterocycles. The molecule has 0 bridgehead atoms. The molecule has 0 atom stereocenters. The van der Waals surface area contributed by atoms with Gasteiger partial charge in [0, 0.05) is 33.2 Å². The van der Waals surface area contributed by atoms with Gasteiger partial charge in [0.05, 0.1) is 0 Å². The lowest BCUT2D eigenvalue weighted by Gasteiger charge is -2.12. The number of halogens is 1. The summed E-state index contributed by atoms with van der Waals surface area (Å²) < 4.78 is 7.68. The Labute approximate surface area is 199 Å². The summed E-state index contributed by atoms with van der Waals surface area (Å²) in [7, 11) is 0. The maximum atomic E-state index is 6.05. The van der Waals surface area contributed by atoms with Gasteiger partial charge < -0.3 is 10.1 Å². The van der Waals surface area contributed by atoms with Crippen LogP contribution in [-0.2, 0) is 0 Å². The van der Waals surface area contributed by atoms with Crippen LogP contribution >= 0.6 is 11.6 Å². The highest BCUT2D eigenvalue weighted by Gasteiger charge is 2.12. The molecule has 34 heavy (non-hydrogen) atoms. The van der Waals surface area contributed by atoms with Gasteiger partial charge in [-0.1, -0.05) is 48.0 Å². The zero-order valence-corrected chi connectivity index (χ0v) is 18.5. The molecule has 1 N–H and O–H groups in total. The molecule has 0 aliphatic rings. The fourth-order valence-corrected chi connectivity index (χ4v) is 3.92. The number of benzene rings is 3. The molecule has 6 rings (SSSR count). The van der Waals surface area contributed by atoms with E-state index in [2.05, 4.69) is 25.6 Å². The van der Waals surface area contributed by atoms with Gasteiger partial charge in [0.2, 0.25) is 5.88 Å². The Hall–Kier alpha value is -4.49. The van der Waals surface area contributed by atoms with Crippen molar-refractivity contribution in [2.45, 2.75) is 0 Å². The third kappa shape index (κ3) is 3.78. The van der Waals surface area contributed by atoms with Crippen molar-refractivity contribution in [3.8, 4) is 22.9 Å². The van der Waals surface area contributed by atoms with Crippen molar-refractivity contribution in [3.63, 3.8) is 0 Å². The summed E-state index contributed by atoms with van der Waals surface area (Å²) in [5.41, 5.74) is 3.43. The van der Waals surface area contributed by atoms with Gasteiger partial charge in [0.1, 0.15) is 23.3 Å². The minimum Gasteiger partial charge on any atom is -0.437 e. The second-order valence-electron chi connectivity index (χ2n) is 7.60. The highest BCUT2D eigenvalue weighted by molar-refractivity contribution is 6.30. The van der Waals surface area contributed by atoms with Gasteiger partial charge in [-0.2, -0.15) is 10.1 Å². The van der Waals surface area contributed by atoms with Crippen LogP contribution in [0.3, 0.4) is 0 Å². The minimum absolute atomic E-state index is 0.496. The number of ether oxygens (including phenoxy) is 1. The summed E-state index contributed by atoms with van der Waals surface area (Å²) in [6, 6.07) is 27.1. The van der Waals surface area contributed by atoms with E-state index < -0.39 is 0 Å². The Kier molecular flexibility index (Phi) is 5.01. The molecular formula is C26H17ClN6O. The Morgan fingerprint density at radius 3 is 2.41 bits per heavy atom. The minimum atomic E-state index is 0.496. The van der Waals surface area contributed by atoms with Crippen LogP contribution in [0.25, 0.3) is 27.5 Å². The SMILES string of the molecule is Clc1ccc(-c2nnc(Nc3ccc(Oc4ncnn5cccc45)cc3)c3ccccc23)cc1. The first kappa shape index (κ1) is 20.1. The Balaban J connectivity index is 1.28. The molecule has 0 amide bonds. The Morgan fingerprint density at radius 1 is 0.794 bits per heavy atom. The van der Waals surface area contributed by atoms with Crippen molar-refractivity contribution in [3.05, 3.63) is 102 Å². The van der Waals surface area contributed by atoms with Crippen LogP contribution in [0.15, 0.2) is 97.5 Å². The molecule has 6 aromatic rings. The molecule has 0 saturated carbocycles. The number of rotatable bonds is 5. The van der Waals surface area contributed by atoms with Crippen molar-refractivity contribution in [1.29, 1.82) is 0 Å². The highest BCUT2D eigenvalue weighted by atomic mass is 35.5. The van der Waals surface area contributed by atoms with Gasteiger partial charge in [-0.15, -0.1) is 10.2 Å². The highest BCUT2D eigenvalue weighted by Crippen LogP contribution is 2.32. The normalized spacial score (nSPS) is 11.1. The topological polar surface area (TPSA) is 77.2 Å². The molecule has 0 radical (unpaired) electrons. The molecule has 8 heteroatoms. The summed E-state index contributed by atoms with van der Waals surface area (Å²) in [6.07, 6.45) is 3.32. The lowest BCUT2D eigenvalue weighted by atomic mass is 10.0. The third-order valence-corrected chi connectivity index (χ3v) is 5.69. The monoisotopic (exact) mass is 464 g/mol. The van der Waals surface area contributed by atoms with Crippen LogP contribution in [0.1, 0.15) is 0 Å². The predicted octanol–water partition coefficient (Wildman–Crippen LogP) is 6.53. The largest absolute Gasteiger partial charge is 0.437 e. The molecule has 0 unspecified atom stereocenters. The van der Waals surface area contributed by atoms with Crippen LogP contribution < -0.4 is 10.1 Å². The second kappa shape index (κ2) is 8.46. The quantitative estimate of drug-likeness (QED) is 0.312. The number of nitrogens with zero attached hydrogens (tertiary/aromatic N) is 5. The molecule has 164 valence electrons. The average Bonchev–Trinajstić information content (AvgIpc) is 3.36. The number of hydrogen-bond acceptors (Lipinski definition) is 6. The van der Waals surface area contributed by atoms with Gasteiger partial charge in [0.25, 0.3) is 0 Å². The average molecular weight is 465 g/mol. The predicted molar refractivity (Wildman–Crippen MR) is 133 cm³/mol. The van der Waals surface area contributed by atoms with E-state index in [0.29, 0.717) is 22.5 Å². The fourth-order valence-electron chi connectivity index (χ4n) is 3.79. The Morgan fingerprint density at radius 2 is 1.59 bits per heavy atom. The van der Waals surface area contributed by atoms with Crippen LogP contribution in [-0.4, -0.2) is 24.8 Å². The van der Waals surface area contributed by atoms with Crippen molar-refractivity contribution in [2.75, 3.05) is 5.32 Å². The molecule has 3 heterocycles. The molecule has 0 aliphatic carbocycles. The summed E-state index contributed by atoms with van der Waals surface area (Å²) in [6.45, 7) is 0. The zero-order chi connectivity index (χ0) is 22.9. The Bertz CT molecular complexity index is 1610. The third-order valence-electron chi connectivity index (χ3n) is 5.43. The van der Waals surface area contributed by atoms with Gasteiger partial charge in [-0.3, -0.25) is 0 Å². The molecule has 0 saturated heterocycles. The number of fused-ring (bicyclic) bond motifs is 2. The van der Waals surface area contributed by atoms with Crippen molar-refractivity contribution in [1.82, 2.24) is 24.8 Å². The van der Waals surface area contributed by atoms with E-state index in [1.807, 2.05) is 91.1 Å². The maximum absolute atomic E-state index is 6.05. The smallest absolute Gasteiger partial charge is 0.247 e. The number of anilines is 2. The van der Waals surface area contributed by atoms with E-state index in [9.17, 15) is 0 Å². The van der Waals surface area contributed by atoms with Crippen LogP contribution in [0.5, 0.6) is 11.6 Å². The lowest BCUT2D eigenvalue weighted by molar-refractivity contribution is 0.463. The van der Waals surface area contributed by atoms with Crippen molar-refractivity contribution < 1.29 is 4.74 Å². The van der Waals surface area contributed by atoms with E-state index in [4.69, 9.17) is 16.3 Å². The number of hydrogen-bond donors (Lipinski definition) is 1. The maximum Gasteiger partial charge on any atom is 0.247 e. The zero-order valence-electron chi connectivity index (χ0n) is 17.8. The number of nitrogens with one attached hydrogen (secondary N) is 1. The summed E-state index contributed by atoms with van der Waals surface area (Å²) in [4.78, 5) is 4.24. The summed E-state index contributed by atoms with van der Waals surface area (Å²) in [5, 5.41) is 19.2. The second-order valence-corrected chi connectivity index (χ2v) is 8.04. The molecule has 0 spiro atoms. The molecule has 0 fully saturated rings. The summed E-state index contributed by atoms with van der Waals surface area (Å²) >= 11 is 6.05. The molecule has 7 nitrogen and oxygen atoms in total. The van der Waals surface area contributed by atoms with E-state index in [1.54, 1.807) is 4.52 Å². The van der Waals surface area contributed by atoms with Gasteiger partial charge in [0.15, 0.2) is 5.82 Å². The summed E-state index contributed by atoms with van der Waals surface area (Å²) in [5.74, 6) is 1.84. The van der Waals surface area contributed by atoms with Crippen LogP contribution in [0.2, 0.25) is 5.02 Å². The standard InChI is InChI=1S/C26H17ClN6O/c27-18-9-7-17(8-10-18)24-21-4-1-2-5-22(21)25(32-31-24)30-19-11-13-20(14-12-19)34-26-23-6-3-15-33(23)29-16-28-26/h1-16H,(H,30,32). The lowest BCUT2D eigenvalue weighted by Crippen LogP contribution is -1.99. The van der Waals surface area contributed by atoms with E-state index in [-0.39, 0.29) is 0 Å². The first-order chi connectivity index (χ1) is 16.7. The first-order valence-corrected chi connectivity index (χ1v) is 11.0. The van der Waals surface area contributed by atoms with Gasteiger partial charge in [-0.25, -0.2) is 4.52 Å². The molecule has 3 aromatic carbocycles. The van der Waals surface area contributed by atoms with E-state index in [1.165, 1.54) is 6.33 Å². The molecule has 3 aromatic heterocycles. The van der Waals surface area contributed by atoms with E-state index in [0.717, 1.165) is 33.2 Å². The van der Waals surface area contributed by atoms with Crippen molar-refractivity contribution in [2.24, 2.45) is 0 Å². The molecular weight excluding hydrogens is 448 g/mol. The van der Waals surface area contributed by atoms with E-state index >= 15 is 0 Å². The van der Waals surface area contributed by atoms with Gasteiger partial charge >= 0.3 is 0 Å². The fraction of sp³-hybridized carbons (Fsp3) is 0. The van der Waals surface area contributed by atoms with Crippen LogP contribution in [0, 0.1) is 0 Å². The van der Waals surface area contributed by atoms with Gasteiger partial charge in [-0.05, 0) is 48.5 Å². The number of aromatic nitrogens is 5.